The summed E-state index contributed by atoms with van der Waals surface area (Å²) >= 11 is 0. The molecule has 5 nitrogen and oxygen atoms in total. The van der Waals surface area contributed by atoms with Gasteiger partial charge in [0.15, 0.2) is 5.96 Å². The largest absolute Gasteiger partial charge is 0.372 e. The minimum atomic E-state index is 0.494. The van der Waals surface area contributed by atoms with Crippen molar-refractivity contribution in [2.24, 2.45) is 4.99 Å². The second-order valence-corrected chi connectivity index (χ2v) is 7.93. The van der Waals surface area contributed by atoms with Gasteiger partial charge in [0.25, 0.3) is 0 Å². The number of likely N-dealkylation sites (tertiary alicyclic amines) is 1. The van der Waals surface area contributed by atoms with E-state index in [4.69, 9.17) is 4.74 Å². The van der Waals surface area contributed by atoms with E-state index in [-0.39, 0.29) is 0 Å². The molecule has 1 heterocycles. The molecule has 0 unspecified atom stereocenters. The lowest BCUT2D eigenvalue weighted by atomic mass is 10.1. The van der Waals surface area contributed by atoms with Gasteiger partial charge in [-0.3, -0.25) is 4.99 Å². The van der Waals surface area contributed by atoms with Crippen molar-refractivity contribution in [2.45, 2.75) is 52.0 Å². The number of benzene rings is 2. The third-order valence-electron chi connectivity index (χ3n) is 5.63. The van der Waals surface area contributed by atoms with Gasteiger partial charge >= 0.3 is 0 Å². The SMILES string of the molecule is CCCN1CCC(NC(=NC)NCc2ccccc2COCc2ccccc2)CC1. The number of piperidine rings is 1. The molecule has 2 N–H and O–H groups in total. The summed E-state index contributed by atoms with van der Waals surface area (Å²) in [4.78, 5) is 6.99. The zero-order chi connectivity index (χ0) is 21.0. The molecule has 2 aromatic carbocycles. The quantitative estimate of drug-likeness (QED) is 0.487. The number of nitrogens with zero attached hydrogens (tertiary/aromatic N) is 2. The maximum Gasteiger partial charge on any atom is 0.191 e. The van der Waals surface area contributed by atoms with E-state index >= 15 is 0 Å². The van der Waals surface area contributed by atoms with E-state index in [0.29, 0.717) is 19.3 Å². The summed E-state index contributed by atoms with van der Waals surface area (Å²) in [7, 11) is 1.84. The number of hydrogen-bond acceptors (Lipinski definition) is 3. The van der Waals surface area contributed by atoms with Crippen LogP contribution in [0, 0.1) is 0 Å². The number of nitrogens with one attached hydrogen (secondary N) is 2. The minimum absolute atomic E-state index is 0.494. The first-order chi connectivity index (χ1) is 14.8. The average Bonchev–Trinajstić information content (AvgIpc) is 2.79. The van der Waals surface area contributed by atoms with Crippen LogP contribution in [0.5, 0.6) is 0 Å². The van der Waals surface area contributed by atoms with Gasteiger partial charge in [0.05, 0.1) is 13.2 Å². The molecule has 0 saturated carbocycles. The van der Waals surface area contributed by atoms with Gasteiger partial charge in [-0.1, -0.05) is 61.5 Å². The van der Waals surface area contributed by atoms with Gasteiger partial charge in [0.2, 0.25) is 0 Å². The molecule has 0 spiro atoms. The van der Waals surface area contributed by atoms with Crippen LogP contribution >= 0.6 is 0 Å². The van der Waals surface area contributed by atoms with Gasteiger partial charge in [0, 0.05) is 32.7 Å². The Kier molecular flexibility index (Phi) is 9.19. The summed E-state index contributed by atoms with van der Waals surface area (Å²) in [5.41, 5.74) is 3.65. The molecule has 1 aliphatic heterocycles. The molecule has 1 fully saturated rings. The normalized spacial score (nSPS) is 15.9. The van der Waals surface area contributed by atoms with Crippen molar-refractivity contribution >= 4 is 5.96 Å². The fraction of sp³-hybridized carbons (Fsp3) is 0.480. The molecule has 5 heteroatoms. The van der Waals surface area contributed by atoms with E-state index in [1.54, 1.807) is 0 Å². The van der Waals surface area contributed by atoms with Crippen molar-refractivity contribution < 1.29 is 4.74 Å². The van der Waals surface area contributed by atoms with Crippen LogP contribution in [0.3, 0.4) is 0 Å². The second kappa shape index (κ2) is 12.4. The van der Waals surface area contributed by atoms with Crippen LogP contribution in [-0.4, -0.2) is 43.6 Å². The molecule has 0 amide bonds. The first-order valence-electron chi connectivity index (χ1n) is 11.2. The van der Waals surface area contributed by atoms with Gasteiger partial charge in [-0.25, -0.2) is 0 Å². The third kappa shape index (κ3) is 7.15. The number of ether oxygens (including phenoxy) is 1. The maximum atomic E-state index is 5.95. The first kappa shape index (κ1) is 22.3. The van der Waals surface area contributed by atoms with Crippen molar-refractivity contribution in [1.82, 2.24) is 15.5 Å². The average molecular weight is 409 g/mol. The summed E-state index contributed by atoms with van der Waals surface area (Å²) in [6, 6.07) is 19.2. The molecule has 0 aromatic heterocycles. The fourth-order valence-electron chi connectivity index (χ4n) is 3.91. The van der Waals surface area contributed by atoms with Gasteiger partial charge in [-0.2, -0.15) is 0 Å². The number of guanidine groups is 1. The van der Waals surface area contributed by atoms with Gasteiger partial charge < -0.3 is 20.3 Å². The van der Waals surface area contributed by atoms with Crippen LogP contribution in [0.1, 0.15) is 42.9 Å². The Balaban J connectivity index is 1.46. The lowest BCUT2D eigenvalue weighted by Crippen LogP contribution is -2.48. The Bertz CT molecular complexity index is 770. The fourth-order valence-corrected chi connectivity index (χ4v) is 3.91. The lowest BCUT2D eigenvalue weighted by Gasteiger charge is -2.32. The molecule has 0 bridgehead atoms. The van der Waals surface area contributed by atoms with Crippen LogP contribution in [0.15, 0.2) is 59.6 Å². The summed E-state index contributed by atoms with van der Waals surface area (Å²) in [5, 5.41) is 7.09. The zero-order valence-electron chi connectivity index (χ0n) is 18.4. The Morgan fingerprint density at radius 3 is 2.40 bits per heavy atom. The Morgan fingerprint density at radius 2 is 1.70 bits per heavy atom. The highest BCUT2D eigenvalue weighted by atomic mass is 16.5. The molecule has 30 heavy (non-hydrogen) atoms. The van der Waals surface area contributed by atoms with Crippen molar-refractivity contribution in [3.05, 3.63) is 71.3 Å². The number of aliphatic imine (C=N–C) groups is 1. The number of hydrogen-bond donors (Lipinski definition) is 2. The highest BCUT2D eigenvalue weighted by Crippen LogP contribution is 2.13. The van der Waals surface area contributed by atoms with E-state index in [1.165, 1.54) is 55.6 Å². The highest BCUT2D eigenvalue weighted by molar-refractivity contribution is 5.80. The van der Waals surface area contributed by atoms with Crippen molar-refractivity contribution in [1.29, 1.82) is 0 Å². The summed E-state index contributed by atoms with van der Waals surface area (Å²) < 4.78 is 5.95. The topological polar surface area (TPSA) is 48.9 Å². The van der Waals surface area contributed by atoms with Crippen molar-refractivity contribution in [3.63, 3.8) is 0 Å². The molecular weight excluding hydrogens is 372 g/mol. The summed E-state index contributed by atoms with van der Waals surface area (Å²) in [6.45, 7) is 7.77. The van der Waals surface area contributed by atoms with Gasteiger partial charge in [0.1, 0.15) is 0 Å². The van der Waals surface area contributed by atoms with E-state index < -0.39 is 0 Å². The second-order valence-electron chi connectivity index (χ2n) is 7.93. The Labute approximate surface area is 181 Å². The molecule has 162 valence electrons. The zero-order valence-corrected chi connectivity index (χ0v) is 18.4. The third-order valence-corrected chi connectivity index (χ3v) is 5.63. The van der Waals surface area contributed by atoms with Crippen LogP contribution < -0.4 is 10.6 Å². The Morgan fingerprint density at radius 1 is 1.00 bits per heavy atom. The lowest BCUT2D eigenvalue weighted by molar-refractivity contribution is 0.106. The van der Waals surface area contributed by atoms with Crippen molar-refractivity contribution in [2.75, 3.05) is 26.7 Å². The maximum absolute atomic E-state index is 5.95. The molecule has 2 aromatic rings. The smallest absolute Gasteiger partial charge is 0.191 e. The molecule has 1 aliphatic rings. The van der Waals surface area contributed by atoms with Crippen molar-refractivity contribution in [3.8, 4) is 0 Å². The van der Waals surface area contributed by atoms with E-state index in [1.807, 2.05) is 25.2 Å². The minimum Gasteiger partial charge on any atom is -0.372 e. The monoisotopic (exact) mass is 408 g/mol. The van der Waals surface area contributed by atoms with Crippen LogP contribution in [0.25, 0.3) is 0 Å². The van der Waals surface area contributed by atoms with Crippen LogP contribution in [0.4, 0.5) is 0 Å². The van der Waals surface area contributed by atoms with Gasteiger partial charge in [-0.15, -0.1) is 0 Å². The number of rotatable bonds is 9. The van der Waals surface area contributed by atoms with Crippen LogP contribution in [-0.2, 0) is 24.5 Å². The molecule has 0 radical (unpaired) electrons. The van der Waals surface area contributed by atoms with E-state index in [2.05, 4.69) is 63.8 Å². The first-order valence-corrected chi connectivity index (χ1v) is 11.2. The van der Waals surface area contributed by atoms with Crippen LogP contribution in [0.2, 0.25) is 0 Å². The molecule has 0 atom stereocenters. The molecular formula is C25H36N4O. The highest BCUT2D eigenvalue weighted by Gasteiger charge is 2.19. The predicted octanol–water partition coefficient (Wildman–Crippen LogP) is 3.94. The molecule has 0 aliphatic carbocycles. The van der Waals surface area contributed by atoms with E-state index in [9.17, 15) is 0 Å². The van der Waals surface area contributed by atoms with Gasteiger partial charge in [-0.05, 0) is 42.5 Å². The Hall–Kier alpha value is -2.37. The predicted molar refractivity (Wildman–Crippen MR) is 124 cm³/mol. The molecule has 1 saturated heterocycles. The standard InChI is InChI=1S/C25H36N4O/c1-3-15-29-16-13-24(14-17-29)28-25(26-2)27-18-22-11-7-8-12-23(22)20-30-19-21-9-5-4-6-10-21/h4-12,24H,3,13-20H2,1-2H3,(H2,26,27,28). The summed E-state index contributed by atoms with van der Waals surface area (Å²) in [6.07, 6.45) is 3.57. The molecule has 3 rings (SSSR count). The van der Waals surface area contributed by atoms with E-state index in [0.717, 1.165) is 12.5 Å². The summed E-state index contributed by atoms with van der Waals surface area (Å²) in [5.74, 6) is 0.879.